The summed E-state index contributed by atoms with van der Waals surface area (Å²) in [6.07, 6.45) is 0.554. The maximum Gasteiger partial charge on any atom is 0.407 e. The summed E-state index contributed by atoms with van der Waals surface area (Å²) >= 11 is 0. The molecule has 0 spiro atoms. The zero-order chi connectivity index (χ0) is 18.2. The molecule has 1 rings (SSSR count). The van der Waals surface area contributed by atoms with E-state index < -0.39 is 5.60 Å². The Labute approximate surface area is 146 Å². The van der Waals surface area contributed by atoms with Crippen LogP contribution in [0.25, 0.3) is 0 Å². The first kappa shape index (κ1) is 20.5. The van der Waals surface area contributed by atoms with E-state index in [4.69, 9.17) is 9.47 Å². The Hall–Kier alpha value is -1.55. The fraction of sp³-hybridized carbons (Fsp3) is 0.650. The molecule has 0 fully saturated rings. The molecule has 0 saturated heterocycles. The molecule has 0 aliphatic carbocycles. The molecule has 0 heterocycles. The number of carbonyl (C=O) groups excluding carboxylic acids is 1. The average Bonchev–Trinajstić information content (AvgIpc) is 2.43. The predicted molar refractivity (Wildman–Crippen MR) is 98.0 cm³/mol. The molecule has 136 valence electrons. The van der Waals surface area contributed by atoms with E-state index in [2.05, 4.69) is 50.4 Å². The van der Waals surface area contributed by atoms with Crippen molar-refractivity contribution >= 4 is 6.09 Å². The molecule has 0 radical (unpaired) electrons. The van der Waals surface area contributed by atoms with E-state index in [9.17, 15) is 4.79 Å². The highest BCUT2D eigenvalue weighted by atomic mass is 16.6. The number of carbonyl (C=O) groups is 1. The zero-order valence-corrected chi connectivity index (χ0v) is 16.0. The van der Waals surface area contributed by atoms with Gasteiger partial charge in [-0.05, 0) is 50.2 Å². The van der Waals surface area contributed by atoms with Gasteiger partial charge in [-0.15, -0.1) is 0 Å². The number of hydrogen-bond acceptors (Lipinski definition) is 3. The second-order valence-electron chi connectivity index (χ2n) is 7.92. The molecule has 1 amide bonds. The van der Waals surface area contributed by atoms with Crippen LogP contribution < -0.4 is 5.32 Å². The van der Waals surface area contributed by atoms with Gasteiger partial charge in [0.1, 0.15) is 5.60 Å². The van der Waals surface area contributed by atoms with Gasteiger partial charge in [-0.3, -0.25) is 0 Å². The normalized spacial score (nSPS) is 13.0. The van der Waals surface area contributed by atoms with Crippen molar-refractivity contribution in [2.45, 2.75) is 60.2 Å². The minimum absolute atomic E-state index is 0.337. The van der Waals surface area contributed by atoms with Crippen molar-refractivity contribution < 1.29 is 14.3 Å². The quantitative estimate of drug-likeness (QED) is 0.757. The van der Waals surface area contributed by atoms with Crippen molar-refractivity contribution in [3.05, 3.63) is 35.4 Å². The lowest BCUT2D eigenvalue weighted by molar-refractivity contribution is 0.0520. The van der Waals surface area contributed by atoms with E-state index in [0.29, 0.717) is 25.0 Å². The van der Waals surface area contributed by atoms with Crippen LogP contribution in [0.1, 0.15) is 52.7 Å². The van der Waals surface area contributed by atoms with E-state index >= 15 is 0 Å². The third-order valence-electron chi connectivity index (χ3n) is 3.29. The molecule has 0 aliphatic heterocycles. The third kappa shape index (κ3) is 9.56. The van der Waals surface area contributed by atoms with Crippen molar-refractivity contribution in [3.8, 4) is 0 Å². The summed E-state index contributed by atoms with van der Waals surface area (Å²) in [5.41, 5.74) is 2.00. The van der Waals surface area contributed by atoms with Gasteiger partial charge in [0.15, 0.2) is 0 Å². The lowest BCUT2D eigenvalue weighted by atomic mass is 9.99. The van der Waals surface area contributed by atoms with Crippen LogP contribution in [-0.4, -0.2) is 24.8 Å². The Bertz CT molecular complexity index is 506. The number of benzene rings is 1. The molecule has 1 N–H and O–H groups in total. The molecular weight excluding hydrogens is 302 g/mol. The van der Waals surface area contributed by atoms with E-state index in [1.54, 1.807) is 0 Å². The molecular formula is C20H33NO3. The topological polar surface area (TPSA) is 47.6 Å². The molecule has 1 aromatic carbocycles. The summed E-state index contributed by atoms with van der Waals surface area (Å²) in [4.78, 5) is 11.7. The minimum Gasteiger partial charge on any atom is -0.444 e. The van der Waals surface area contributed by atoms with Gasteiger partial charge >= 0.3 is 6.09 Å². The van der Waals surface area contributed by atoms with Crippen molar-refractivity contribution in [2.24, 2.45) is 11.8 Å². The van der Waals surface area contributed by atoms with E-state index in [0.717, 1.165) is 13.0 Å². The summed E-state index contributed by atoms with van der Waals surface area (Å²) in [6.45, 7) is 14.0. The van der Waals surface area contributed by atoms with Gasteiger partial charge in [0.25, 0.3) is 0 Å². The second kappa shape index (κ2) is 9.67. The minimum atomic E-state index is -0.461. The number of amides is 1. The number of ether oxygens (including phenoxy) is 2. The summed E-state index contributed by atoms with van der Waals surface area (Å²) in [7, 11) is 0. The fourth-order valence-corrected chi connectivity index (χ4v) is 2.31. The third-order valence-corrected chi connectivity index (χ3v) is 3.29. The molecule has 24 heavy (non-hydrogen) atoms. The van der Waals surface area contributed by atoms with Crippen molar-refractivity contribution in [1.82, 2.24) is 5.32 Å². The Morgan fingerprint density at radius 1 is 1.17 bits per heavy atom. The van der Waals surface area contributed by atoms with Crippen LogP contribution in [0.3, 0.4) is 0 Å². The first-order chi connectivity index (χ1) is 11.2. The van der Waals surface area contributed by atoms with E-state index in [1.165, 1.54) is 11.1 Å². The maximum atomic E-state index is 11.7. The Balaban J connectivity index is 2.41. The molecule has 0 saturated carbocycles. The number of alkyl carbamates (subject to hydrolysis) is 1. The standard InChI is InChI=1S/C20H33NO3/c1-15(2)13-23-14-18-9-7-8-17(11-18)10-16(3)12-21-19(22)24-20(4,5)6/h7-9,11,15-16H,10,12-14H2,1-6H3,(H,21,22). The van der Waals surface area contributed by atoms with Gasteiger partial charge in [0.05, 0.1) is 6.61 Å². The molecule has 1 atom stereocenters. The van der Waals surface area contributed by atoms with Crippen LogP contribution in [0.15, 0.2) is 24.3 Å². The van der Waals surface area contributed by atoms with Crippen molar-refractivity contribution in [1.29, 1.82) is 0 Å². The van der Waals surface area contributed by atoms with Gasteiger partial charge < -0.3 is 14.8 Å². The summed E-state index contributed by atoms with van der Waals surface area (Å²) in [5, 5.41) is 2.83. The summed E-state index contributed by atoms with van der Waals surface area (Å²) in [6, 6.07) is 8.46. The van der Waals surface area contributed by atoms with Crippen molar-refractivity contribution in [3.63, 3.8) is 0 Å². The Kier molecular flexibility index (Phi) is 8.26. The van der Waals surface area contributed by atoms with Crippen LogP contribution in [0.4, 0.5) is 4.79 Å². The molecule has 1 unspecified atom stereocenters. The SMILES string of the molecule is CC(C)COCc1cccc(CC(C)CNC(=O)OC(C)(C)C)c1. The monoisotopic (exact) mass is 335 g/mol. The highest BCUT2D eigenvalue weighted by molar-refractivity contribution is 5.67. The van der Waals surface area contributed by atoms with E-state index in [1.807, 2.05) is 20.8 Å². The fourth-order valence-electron chi connectivity index (χ4n) is 2.31. The average molecular weight is 335 g/mol. The smallest absolute Gasteiger partial charge is 0.407 e. The summed E-state index contributed by atoms with van der Waals surface area (Å²) in [5.74, 6) is 0.886. The van der Waals surface area contributed by atoms with Gasteiger partial charge in [0.2, 0.25) is 0 Å². The maximum absolute atomic E-state index is 11.7. The Morgan fingerprint density at radius 3 is 2.46 bits per heavy atom. The first-order valence-corrected chi connectivity index (χ1v) is 8.78. The Morgan fingerprint density at radius 2 is 1.83 bits per heavy atom. The highest BCUT2D eigenvalue weighted by Crippen LogP contribution is 2.12. The van der Waals surface area contributed by atoms with Gasteiger partial charge in [0, 0.05) is 13.2 Å². The zero-order valence-electron chi connectivity index (χ0n) is 16.0. The largest absolute Gasteiger partial charge is 0.444 e. The highest BCUT2D eigenvalue weighted by Gasteiger charge is 2.16. The van der Waals surface area contributed by atoms with Crippen LogP contribution in [0.2, 0.25) is 0 Å². The second-order valence-corrected chi connectivity index (χ2v) is 7.92. The van der Waals surface area contributed by atoms with E-state index in [-0.39, 0.29) is 6.09 Å². The van der Waals surface area contributed by atoms with Gasteiger partial charge in [-0.25, -0.2) is 4.79 Å². The van der Waals surface area contributed by atoms with Gasteiger partial charge in [-0.1, -0.05) is 45.0 Å². The lowest BCUT2D eigenvalue weighted by Gasteiger charge is -2.21. The number of rotatable bonds is 8. The van der Waals surface area contributed by atoms with Crippen molar-refractivity contribution in [2.75, 3.05) is 13.2 Å². The van der Waals surface area contributed by atoms with Crippen LogP contribution >= 0.6 is 0 Å². The molecule has 0 aliphatic rings. The lowest BCUT2D eigenvalue weighted by Crippen LogP contribution is -2.35. The van der Waals surface area contributed by atoms with Crippen LogP contribution in [-0.2, 0) is 22.5 Å². The molecule has 4 nitrogen and oxygen atoms in total. The van der Waals surface area contributed by atoms with Crippen LogP contribution in [0, 0.1) is 11.8 Å². The number of hydrogen-bond donors (Lipinski definition) is 1. The number of nitrogens with one attached hydrogen (secondary N) is 1. The molecule has 0 aromatic heterocycles. The first-order valence-electron chi connectivity index (χ1n) is 8.78. The molecule has 0 bridgehead atoms. The summed E-state index contributed by atoms with van der Waals surface area (Å²) < 4.78 is 10.9. The van der Waals surface area contributed by atoms with Gasteiger partial charge in [-0.2, -0.15) is 0 Å². The predicted octanol–water partition coefficient (Wildman–Crippen LogP) is 4.56. The van der Waals surface area contributed by atoms with Crippen LogP contribution in [0.5, 0.6) is 0 Å². The molecule has 1 aromatic rings. The molecule has 4 heteroatoms.